The fraction of sp³-hybridized carbons (Fsp3) is 0.400. The molecule has 0 amide bonds. The van der Waals surface area contributed by atoms with Gasteiger partial charge in [0.1, 0.15) is 23.8 Å². The van der Waals surface area contributed by atoms with Crippen LogP contribution in [0.1, 0.15) is 31.2 Å². The Morgan fingerprint density at radius 2 is 1.91 bits per heavy atom. The third-order valence-electron chi connectivity index (χ3n) is 3.27. The Balaban J connectivity index is 2.04. The van der Waals surface area contributed by atoms with E-state index in [1.807, 2.05) is 13.8 Å². The molecule has 0 fully saturated rings. The van der Waals surface area contributed by atoms with Crippen LogP contribution < -0.4 is 9.04 Å². The molecule has 6 nitrogen and oxygen atoms in total. The van der Waals surface area contributed by atoms with E-state index in [0.29, 0.717) is 18.0 Å². The van der Waals surface area contributed by atoms with Gasteiger partial charge in [0.05, 0.1) is 11.9 Å². The Hall–Kier alpha value is -2.02. The molecule has 0 aliphatic heterocycles. The monoisotopic (exact) mass is 324 g/mol. The van der Waals surface area contributed by atoms with Gasteiger partial charge in [-0.25, -0.2) is 13.4 Å². The second-order valence-electron chi connectivity index (χ2n) is 5.33. The molecule has 0 unspecified atom stereocenters. The van der Waals surface area contributed by atoms with Gasteiger partial charge in [-0.2, -0.15) is 0 Å². The minimum absolute atomic E-state index is 0.242. The first kappa shape index (κ1) is 16.4. The maximum atomic E-state index is 11.5. The summed E-state index contributed by atoms with van der Waals surface area (Å²) < 4.78 is 35.2. The first-order chi connectivity index (χ1) is 10.3. The van der Waals surface area contributed by atoms with Crippen LogP contribution >= 0.6 is 0 Å². The van der Waals surface area contributed by atoms with E-state index >= 15 is 0 Å². The second kappa shape index (κ2) is 6.39. The number of hydrogen-bond donors (Lipinski definition) is 0. The molecule has 1 aromatic heterocycles. The number of benzene rings is 1. The number of anilines is 1. The van der Waals surface area contributed by atoms with Gasteiger partial charge in [0, 0.05) is 13.0 Å². The van der Waals surface area contributed by atoms with Crippen LogP contribution in [-0.2, 0) is 16.6 Å². The van der Waals surface area contributed by atoms with E-state index in [-0.39, 0.29) is 5.92 Å². The fourth-order valence-corrected chi connectivity index (χ4v) is 2.46. The predicted molar refractivity (Wildman–Crippen MR) is 84.6 cm³/mol. The minimum Gasteiger partial charge on any atom is -0.487 e. The van der Waals surface area contributed by atoms with Crippen LogP contribution in [0.15, 0.2) is 35.1 Å². The summed E-state index contributed by atoms with van der Waals surface area (Å²) >= 11 is 0. The molecule has 22 heavy (non-hydrogen) atoms. The summed E-state index contributed by atoms with van der Waals surface area (Å²) in [6.45, 7) is 4.37. The number of aromatic nitrogens is 1. The van der Waals surface area contributed by atoms with Gasteiger partial charge >= 0.3 is 0 Å². The van der Waals surface area contributed by atoms with Gasteiger partial charge in [0.2, 0.25) is 10.0 Å². The number of hydrogen-bond acceptors (Lipinski definition) is 5. The maximum absolute atomic E-state index is 11.5. The van der Waals surface area contributed by atoms with Crippen molar-refractivity contribution in [3.8, 4) is 5.75 Å². The van der Waals surface area contributed by atoms with Crippen molar-refractivity contribution in [2.75, 3.05) is 17.6 Å². The molecule has 0 bridgehead atoms. The number of ether oxygens (including phenoxy) is 1. The van der Waals surface area contributed by atoms with Crippen LogP contribution in [0.4, 0.5) is 5.69 Å². The molecule has 2 rings (SSSR count). The van der Waals surface area contributed by atoms with E-state index in [1.54, 1.807) is 24.3 Å². The Labute approximate surface area is 130 Å². The lowest BCUT2D eigenvalue weighted by Gasteiger charge is -2.16. The van der Waals surface area contributed by atoms with Gasteiger partial charge < -0.3 is 9.15 Å². The van der Waals surface area contributed by atoms with Gasteiger partial charge in [0.25, 0.3) is 0 Å². The van der Waals surface area contributed by atoms with Crippen molar-refractivity contribution in [2.45, 2.75) is 26.4 Å². The minimum atomic E-state index is -3.26. The van der Waals surface area contributed by atoms with E-state index < -0.39 is 10.0 Å². The molecule has 1 heterocycles. The summed E-state index contributed by atoms with van der Waals surface area (Å²) in [5.41, 5.74) is 1.35. The van der Waals surface area contributed by atoms with E-state index in [0.717, 1.165) is 17.7 Å². The number of rotatable bonds is 6. The van der Waals surface area contributed by atoms with Crippen molar-refractivity contribution in [1.82, 2.24) is 4.98 Å². The van der Waals surface area contributed by atoms with Crippen molar-refractivity contribution in [3.63, 3.8) is 0 Å². The first-order valence-electron chi connectivity index (χ1n) is 6.88. The maximum Gasteiger partial charge on any atom is 0.231 e. The van der Waals surface area contributed by atoms with Gasteiger partial charge in [-0.05, 0) is 24.3 Å². The summed E-state index contributed by atoms with van der Waals surface area (Å²) in [6, 6.07) is 6.85. The smallest absolute Gasteiger partial charge is 0.231 e. The molecule has 0 saturated carbocycles. The van der Waals surface area contributed by atoms with Crippen molar-refractivity contribution < 1.29 is 17.6 Å². The molecule has 0 aliphatic rings. The molecule has 0 spiro atoms. The van der Waals surface area contributed by atoms with Crippen LogP contribution in [0.3, 0.4) is 0 Å². The largest absolute Gasteiger partial charge is 0.487 e. The summed E-state index contributed by atoms with van der Waals surface area (Å²) in [4.78, 5) is 4.15. The summed E-state index contributed by atoms with van der Waals surface area (Å²) in [5, 5.41) is 0. The summed E-state index contributed by atoms with van der Waals surface area (Å²) in [5.74, 6) is 1.70. The zero-order chi connectivity index (χ0) is 16.3. The zero-order valence-electron chi connectivity index (χ0n) is 13.1. The standard InChI is InChI=1S/C15H20N2O4S/c1-11(2)15-14(16-10-21-15)9-20-13-7-5-12(6-8-13)17(3)22(4,18)19/h5-8,10-11H,9H2,1-4H3. The van der Waals surface area contributed by atoms with Gasteiger partial charge in [0.15, 0.2) is 6.39 Å². The average Bonchev–Trinajstić information content (AvgIpc) is 2.92. The van der Waals surface area contributed by atoms with Gasteiger partial charge in [-0.15, -0.1) is 0 Å². The lowest BCUT2D eigenvalue weighted by atomic mass is 10.1. The molecule has 0 saturated heterocycles. The van der Waals surface area contributed by atoms with Crippen LogP contribution in [0.5, 0.6) is 5.75 Å². The molecule has 120 valence electrons. The van der Waals surface area contributed by atoms with E-state index in [2.05, 4.69) is 4.98 Å². The quantitative estimate of drug-likeness (QED) is 0.817. The van der Waals surface area contributed by atoms with Crippen molar-refractivity contribution >= 4 is 15.7 Å². The van der Waals surface area contributed by atoms with Crippen LogP contribution in [-0.4, -0.2) is 26.7 Å². The molecule has 7 heteroatoms. The van der Waals surface area contributed by atoms with Gasteiger partial charge in [-0.3, -0.25) is 4.31 Å². The van der Waals surface area contributed by atoms with Crippen LogP contribution in [0.2, 0.25) is 0 Å². The highest BCUT2D eigenvalue weighted by atomic mass is 32.2. The third-order valence-corrected chi connectivity index (χ3v) is 4.48. The molecule has 0 aliphatic carbocycles. The number of oxazole rings is 1. The van der Waals surface area contributed by atoms with Crippen LogP contribution in [0, 0.1) is 0 Å². The lowest BCUT2D eigenvalue weighted by molar-refractivity contribution is 0.297. The Bertz CT molecular complexity index is 720. The SMILES string of the molecule is CC(C)c1ocnc1COc1ccc(N(C)S(C)(=O)=O)cc1. The normalized spacial score (nSPS) is 11.7. The topological polar surface area (TPSA) is 72.6 Å². The molecule has 1 aromatic carbocycles. The summed E-state index contributed by atoms with van der Waals surface area (Å²) in [7, 11) is -1.75. The predicted octanol–water partition coefficient (Wildman–Crippen LogP) is 2.77. The third kappa shape index (κ3) is 3.79. The molecular weight excluding hydrogens is 304 g/mol. The Morgan fingerprint density at radius 3 is 2.45 bits per heavy atom. The average molecular weight is 324 g/mol. The molecule has 0 N–H and O–H groups in total. The van der Waals surface area contributed by atoms with Crippen LogP contribution in [0.25, 0.3) is 0 Å². The second-order valence-corrected chi connectivity index (χ2v) is 7.34. The Morgan fingerprint density at radius 1 is 1.27 bits per heavy atom. The first-order valence-corrected chi connectivity index (χ1v) is 8.73. The zero-order valence-corrected chi connectivity index (χ0v) is 13.9. The Kier molecular flexibility index (Phi) is 4.75. The molecule has 0 radical (unpaired) electrons. The van der Waals surface area contributed by atoms with E-state index in [4.69, 9.17) is 9.15 Å². The molecule has 2 aromatic rings. The highest BCUT2D eigenvalue weighted by molar-refractivity contribution is 7.92. The van der Waals surface area contributed by atoms with Gasteiger partial charge in [-0.1, -0.05) is 13.8 Å². The van der Waals surface area contributed by atoms with E-state index in [1.165, 1.54) is 17.7 Å². The lowest BCUT2D eigenvalue weighted by Crippen LogP contribution is -2.24. The van der Waals surface area contributed by atoms with Crippen molar-refractivity contribution in [3.05, 3.63) is 42.1 Å². The molecular formula is C15H20N2O4S. The summed E-state index contributed by atoms with van der Waals surface area (Å²) in [6.07, 6.45) is 2.58. The number of sulfonamides is 1. The van der Waals surface area contributed by atoms with Crippen molar-refractivity contribution in [1.29, 1.82) is 0 Å². The molecule has 0 atom stereocenters. The van der Waals surface area contributed by atoms with Crippen molar-refractivity contribution in [2.24, 2.45) is 0 Å². The fourth-order valence-electron chi connectivity index (χ4n) is 1.95. The highest BCUT2D eigenvalue weighted by Gasteiger charge is 2.14. The number of nitrogens with zero attached hydrogens (tertiary/aromatic N) is 2. The highest BCUT2D eigenvalue weighted by Crippen LogP contribution is 2.23. The van der Waals surface area contributed by atoms with E-state index in [9.17, 15) is 8.42 Å².